The van der Waals surface area contributed by atoms with Gasteiger partial charge < -0.3 is 10.2 Å². The van der Waals surface area contributed by atoms with Crippen LogP contribution in [0.1, 0.15) is 17.2 Å². The standard InChI is InChI=1S/C9H11BrO2/c10-5-9(12)8-3-1-7(6-11)2-4-8/h1-4,9,11-12H,5-6H2. The van der Waals surface area contributed by atoms with Crippen LogP contribution in [0.4, 0.5) is 0 Å². The summed E-state index contributed by atoms with van der Waals surface area (Å²) in [6.07, 6.45) is -0.460. The highest BCUT2D eigenvalue weighted by atomic mass is 79.9. The Bertz CT molecular complexity index is 233. The summed E-state index contributed by atoms with van der Waals surface area (Å²) in [6, 6.07) is 7.25. The van der Waals surface area contributed by atoms with E-state index in [0.717, 1.165) is 11.1 Å². The summed E-state index contributed by atoms with van der Waals surface area (Å²) in [5, 5.41) is 18.7. The maximum atomic E-state index is 9.38. The van der Waals surface area contributed by atoms with Gasteiger partial charge in [-0.1, -0.05) is 40.2 Å². The smallest absolute Gasteiger partial charge is 0.0886 e. The molecule has 0 amide bonds. The highest BCUT2D eigenvalue weighted by Crippen LogP contribution is 2.15. The van der Waals surface area contributed by atoms with Crippen LogP contribution in [-0.4, -0.2) is 15.5 Å². The monoisotopic (exact) mass is 230 g/mol. The molecule has 0 spiro atoms. The van der Waals surface area contributed by atoms with Crippen LogP contribution in [0, 0.1) is 0 Å². The molecule has 0 bridgehead atoms. The Balaban J connectivity index is 2.77. The van der Waals surface area contributed by atoms with E-state index in [2.05, 4.69) is 15.9 Å². The minimum absolute atomic E-state index is 0.0463. The molecule has 3 heteroatoms. The zero-order valence-electron chi connectivity index (χ0n) is 6.57. The molecule has 0 aliphatic heterocycles. The van der Waals surface area contributed by atoms with Crippen molar-refractivity contribution in [2.75, 3.05) is 5.33 Å². The third-order valence-electron chi connectivity index (χ3n) is 1.69. The van der Waals surface area contributed by atoms with Crippen LogP contribution in [0.15, 0.2) is 24.3 Å². The van der Waals surface area contributed by atoms with E-state index >= 15 is 0 Å². The maximum Gasteiger partial charge on any atom is 0.0886 e. The lowest BCUT2D eigenvalue weighted by Crippen LogP contribution is -1.97. The second-order valence-electron chi connectivity index (χ2n) is 2.57. The number of aliphatic hydroxyl groups is 2. The Labute approximate surface area is 80.0 Å². The second-order valence-corrected chi connectivity index (χ2v) is 3.22. The van der Waals surface area contributed by atoms with E-state index in [1.54, 1.807) is 12.1 Å². The maximum absolute atomic E-state index is 9.38. The first-order chi connectivity index (χ1) is 5.77. The molecule has 0 saturated heterocycles. The zero-order valence-corrected chi connectivity index (χ0v) is 8.16. The average Bonchev–Trinajstić information content (AvgIpc) is 2.17. The molecule has 0 radical (unpaired) electrons. The van der Waals surface area contributed by atoms with Crippen LogP contribution < -0.4 is 0 Å². The molecule has 0 saturated carbocycles. The van der Waals surface area contributed by atoms with Crippen LogP contribution in [-0.2, 0) is 6.61 Å². The van der Waals surface area contributed by atoms with Crippen molar-refractivity contribution in [2.24, 2.45) is 0 Å². The molecule has 1 aromatic rings. The molecule has 2 N–H and O–H groups in total. The number of alkyl halides is 1. The Hall–Kier alpha value is -0.380. The van der Waals surface area contributed by atoms with E-state index in [4.69, 9.17) is 5.11 Å². The van der Waals surface area contributed by atoms with Crippen LogP contribution in [0.2, 0.25) is 0 Å². The van der Waals surface area contributed by atoms with Crippen LogP contribution >= 0.6 is 15.9 Å². The van der Waals surface area contributed by atoms with Crippen molar-refractivity contribution < 1.29 is 10.2 Å². The third kappa shape index (κ3) is 2.30. The summed E-state index contributed by atoms with van der Waals surface area (Å²) in [7, 11) is 0. The fourth-order valence-electron chi connectivity index (χ4n) is 0.934. The van der Waals surface area contributed by atoms with Crippen molar-refractivity contribution in [3.8, 4) is 0 Å². The summed E-state index contributed by atoms with van der Waals surface area (Å²) < 4.78 is 0. The minimum atomic E-state index is -0.460. The Morgan fingerprint density at radius 3 is 2.25 bits per heavy atom. The molecule has 12 heavy (non-hydrogen) atoms. The molecule has 66 valence electrons. The van der Waals surface area contributed by atoms with Crippen molar-refractivity contribution in [3.63, 3.8) is 0 Å². The Morgan fingerprint density at radius 2 is 1.83 bits per heavy atom. The largest absolute Gasteiger partial charge is 0.392 e. The van der Waals surface area contributed by atoms with Gasteiger partial charge in [0, 0.05) is 5.33 Å². The minimum Gasteiger partial charge on any atom is -0.392 e. The van der Waals surface area contributed by atoms with Gasteiger partial charge in [-0.25, -0.2) is 0 Å². The summed E-state index contributed by atoms with van der Waals surface area (Å²) in [4.78, 5) is 0. The molecule has 0 aliphatic carbocycles. The summed E-state index contributed by atoms with van der Waals surface area (Å²) in [5.74, 6) is 0. The number of hydrogen-bond donors (Lipinski definition) is 2. The van der Waals surface area contributed by atoms with Gasteiger partial charge in [-0.2, -0.15) is 0 Å². The van der Waals surface area contributed by atoms with Crippen molar-refractivity contribution in [1.29, 1.82) is 0 Å². The van der Waals surface area contributed by atoms with E-state index in [-0.39, 0.29) is 6.61 Å². The van der Waals surface area contributed by atoms with Gasteiger partial charge in [-0.05, 0) is 11.1 Å². The Kier molecular flexibility index (Phi) is 3.72. The van der Waals surface area contributed by atoms with Gasteiger partial charge >= 0.3 is 0 Å². The van der Waals surface area contributed by atoms with Crippen LogP contribution in [0.5, 0.6) is 0 Å². The van der Waals surface area contributed by atoms with Crippen molar-refractivity contribution >= 4 is 15.9 Å². The first-order valence-corrected chi connectivity index (χ1v) is 4.84. The molecule has 2 nitrogen and oxygen atoms in total. The van der Waals surface area contributed by atoms with Gasteiger partial charge in [0.05, 0.1) is 12.7 Å². The normalized spacial score (nSPS) is 12.9. The van der Waals surface area contributed by atoms with Gasteiger partial charge in [0.15, 0.2) is 0 Å². The SMILES string of the molecule is OCc1ccc(C(O)CBr)cc1. The highest BCUT2D eigenvalue weighted by Gasteiger charge is 2.03. The molecule has 1 unspecified atom stereocenters. The van der Waals surface area contributed by atoms with Crippen LogP contribution in [0.25, 0.3) is 0 Å². The van der Waals surface area contributed by atoms with E-state index in [9.17, 15) is 5.11 Å². The number of benzene rings is 1. The highest BCUT2D eigenvalue weighted by molar-refractivity contribution is 9.09. The third-order valence-corrected chi connectivity index (χ3v) is 2.31. The first-order valence-electron chi connectivity index (χ1n) is 3.71. The second kappa shape index (κ2) is 4.60. The van der Waals surface area contributed by atoms with Gasteiger partial charge in [-0.15, -0.1) is 0 Å². The Morgan fingerprint density at radius 1 is 1.25 bits per heavy atom. The lowest BCUT2D eigenvalue weighted by Gasteiger charge is -2.06. The quantitative estimate of drug-likeness (QED) is 0.776. The molecular weight excluding hydrogens is 220 g/mol. The molecule has 0 fully saturated rings. The molecule has 1 aromatic carbocycles. The molecule has 0 aliphatic rings. The fraction of sp³-hybridized carbons (Fsp3) is 0.333. The average molecular weight is 231 g/mol. The lowest BCUT2D eigenvalue weighted by molar-refractivity contribution is 0.205. The predicted molar refractivity (Wildman–Crippen MR) is 51.1 cm³/mol. The fourth-order valence-corrected chi connectivity index (χ4v) is 1.31. The summed E-state index contributed by atoms with van der Waals surface area (Å²) in [6.45, 7) is 0.0463. The van der Waals surface area contributed by atoms with Gasteiger partial charge in [0.25, 0.3) is 0 Å². The van der Waals surface area contributed by atoms with Gasteiger partial charge in [0.1, 0.15) is 0 Å². The molecule has 1 rings (SSSR count). The predicted octanol–water partition coefficient (Wildman–Crippen LogP) is 1.61. The molecule has 0 aromatic heterocycles. The number of hydrogen-bond acceptors (Lipinski definition) is 2. The number of aliphatic hydroxyl groups excluding tert-OH is 2. The summed E-state index contributed by atoms with van der Waals surface area (Å²) >= 11 is 3.19. The van der Waals surface area contributed by atoms with Crippen molar-refractivity contribution in [2.45, 2.75) is 12.7 Å². The zero-order chi connectivity index (χ0) is 8.97. The molecule has 0 heterocycles. The lowest BCUT2D eigenvalue weighted by atomic mass is 10.1. The molecular formula is C9H11BrO2. The topological polar surface area (TPSA) is 40.5 Å². The summed E-state index contributed by atoms with van der Waals surface area (Å²) in [5.41, 5.74) is 1.73. The van der Waals surface area contributed by atoms with Crippen molar-refractivity contribution in [3.05, 3.63) is 35.4 Å². The van der Waals surface area contributed by atoms with E-state index in [1.165, 1.54) is 0 Å². The van der Waals surface area contributed by atoms with E-state index < -0.39 is 6.10 Å². The van der Waals surface area contributed by atoms with E-state index in [1.807, 2.05) is 12.1 Å². The van der Waals surface area contributed by atoms with Crippen LogP contribution in [0.3, 0.4) is 0 Å². The first kappa shape index (κ1) is 9.71. The molecule has 1 atom stereocenters. The van der Waals surface area contributed by atoms with E-state index in [0.29, 0.717) is 5.33 Å². The van der Waals surface area contributed by atoms with Gasteiger partial charge in [-0.3, -0.25) is 0 Å². The van der Waals surface area contributed by atoms with Crippen molar-refractivity contribution in [1.82, 2.24) is 0 Å². The number of rotatable bonds is 3. The van der Waals surface area contributed by atoms with Gasteiger partial charge in [0.2, 0.25) is 0 Å². The number of halogens is 1.